The molecule has 1 atom stereocenters. The molecule has 13 heavy (non-hydrogen) atoms. The van der Waals surface area contributed by atoms with Gasteiger partial charge in [0.25, 0.3) is 0 Å². The summed E-state index contributed by atoms with van der Waals surface area (Å²) in [4.78, 5) is 0. The number of rotatable bonds is 1. The molecule has 2 heteroatoms. The minimum absolute atomic E-state index is 0.409. The van der Waals surface area contributed by atoms with Crippen LogP contribution in [0, 0.1) is 0 Å². The van der Waals surface area contributed by atoms with Crippen LogP contribution < -0.4 is 5.32 Å². The number of nitrogens with one attached hydrogen (secondary N) is 1. The molecule has 1 unspecified atom stereocenters. The molecule has 0 saturated carbocycles. The molecule has 1 aromatic carbocycles. The molecule has 2 N–H and O–H groups in total. The molecule has 0 saturated heterocycles. The highest BCUT2D eigenvalue weighted by Crippen LogP contribution is 2.18. The van der Waals surface area contributed by atoms with Crippen molar-refractivity contribution in [2.75, 3.05) is 0 Å². The van der Waals surface area contributed by atoms with Crippen LogP contribution in [0.1, 0.15) is 18.1 Å². The van der Waals surface area contributed by atoms with Crippen molar-refractivity contribution in [2.45, 2.75) is 19.6 Å². The summed E-state index contributed by atoms with van der Waals surface area (Å²) < 4.78 is 0. The second-order valence-electron chi connectivity index (χ2n) is 3.33. The van der Waals surface area contributed by atoms with E-state index in [4.69, 9.17) is 0 Å². The van der Waals surface area contributed by atoms with Crippen molar-refractivity contribution >= 4 is 6.08 Å². The molecule has 1 aliphatic heterocycles. The van der Waals surface area contributed by atoms with Crippen molar-refractivity contribution in [3.8, 4) is 0 Å². The van der Waals surface area contributed by atoms with Crippen LogP contribution in [-0.4, -0.2) is 11.2 Å². The van der Waals surface area contributed by atoms with Gasteiger partial charge in [0.2, 0.25) is 0 Å². The van der Waals surface area contributed by atoms with E-state index in [1.807, 2.05) is 18.2 Å². The molecule has 0 fully saturated rings. The van der Waals surface area contributed by atoms with Gasteiger partial charge in [0.1, 0.15) is 0 Å². The molecule has 0 radical (unpaired) electrons. The van der Waals surface area contributed by atoms with Gasteiger partial charge < -0.3 is 10.4 Å². The zero-order valence-corrected chi connectivity index (χ0v) is 7.62. The van der Waals surface area contributed by atoms with Gasteiger partial charge in [-0.15, -0.1) is 0 Å². The number of fused-ring (bicyclic) bond motifs is 1. The van der Waals surface area contributed by atoms with Crippen molar-refractivity contribution in [2.24, 2.45) is 0 Å². The Morgan fingerprint density at radius 3 is 2.92 bits per heavy atom. The van der Waals surface area contributed by atoms with Crippen LogP contribution in [0.4, 0.5) is 0 Å². The number of hydrogen-bond donors (Lipinski definition) is 2. The Morgan fingerprint density at radius 1 is 1.38 bits per heavy atom. The first kappa shape index (κ1) is 8.32. The molecule has 1 aliphatic rings. The molecule has 0 bridgehead atoms. The summed E-state index contributed by atoms with van der Waals surface area (Å²) in [7, 11) is 0. The van der Waals surface area contributed by atoms with Crippen LogP contribution in [-0.2, 0) is 6.54 Å². The minimum Gasteiger partial charge on any atom is -0.387 e. The Bertz CT molecular complexity index is 342. The lowest BCUT2D eigenvalue weighted by Crippen LogP contribution is -2.24. The largest absolute Gasteiger partial charge is 0.387 e. The fourth-order valence-corrected chi connectivity index (χ4v) is 1.52. The van der Waals surface area contributed by atoms with Gasteiger partial charge in [-0.3, -0.25) is 0 Å². The monoisotopic (exact) mass is 175 g/mol. The van der Waals surface area contributed by atoms with Gasteiger partial charge in [-0.25, -0.2) is 0 Å². The standard InChI is InChI=1S/C11H13NO/c1-8(13)11-6-9-4-2-3-5-10(9)7-12-11/h2-6,8,12-13H,7H2,1H3. The highest BCUT2D eigenvalue weighted by atomic mass is 16.3. The molecule has 2 nitrogen and oxygen atoms in total. The van der Waals surface area contributed by atoms with Crippen molar-refractivity contribution < 1.29 is 5.11 Å². The van der Waals surface area contributed by atoms with E-state index in [0.717, 1.165) is 12.2 Å². The Balaban J connectivity index is 2.38. The van der Waals surface area contributed by atoms with Gasteiger partial charge in [-0.1, -0.05) is 24.3 Å². The lowest BCUT2D eigenvalue weighted by molar-refractivity contribution is 0.223. The van der Waals surface area contributed by atoms with Crippen LogP contribution in [0.2, 0.25) is 0 Å². The zero-order chi connectivity index (χ0) is 9.26. The molecular formula is C11H13NO. The summed E-state index contributed by atoms with van der Waals surface area (Å²) in [5.41, 5.74) is 3.39. The lowest BCUT2D eigenvalue weighted by Gasteiger charge is -2.20. The van der Waals surface area contributed by atoms with E-state index in [-0.39, 0.29) is 0 Å². The third-order valence-corrected chi connectivity index (χ3v) is 2.30. The fraction of sp³-hybridized carbons (Fsp3) is 0.273. The number of hydrogen-bond acceptors (Lipinski definition) is 2. The Morgan fingerprint density at radius 2 is 2.15 bits per heavy atom. The smallest absolute Gasteiger partial charge is 0.0906 e. The van der Waals surface area contributed by atoms with Gasteiger partial charge >= 0.3 is 0 Å². The summed E-state index contributed by atoms with van der Waals surface area (Å²) in [6.45, 7) is 2.58. The van der Waals surface area contributed by atoms with Gasteiger partial charge in [0.15, 0.2) is 0 Å². The third kappa shape index (κ3) is 1.58. The van der Waals surface area contributed by atoms with Gasteiger partial charge in [0, 0.05) is 12.2 Å². The predicted octanol–water partition coefficient (Wildman–Crippen LogP) is 1.51. The predicted molar refractivity (Wildman–Crippen MR) is 52.9 cm³/mol. The van der Waals surface area contributed by atoms with E-state index in [2.05, 4.69) is 17.4 Å². The summed E-state index contributed by atoms with van der Waals surface area (Å²) in [6.07, 6.45) is 1.59. The van der Waals surface area contributed by atoms with Gasteiger partial charge in [-0.05, 0) is 24.1 Å². The second-order valence-corrected chi connectivity index (χ2v) is 3.33. The Hall–Kier alpha value is -1.28. The maximum Gasteiger partial charge on any atom is 0.0906 e. The molecule has 0 aromatic heterocycles. The van der Waals surface area contributed by atoms with Crippen LogP contribution in [0.25, 0.3) is 6.08 Å². The molecule has 0 spiro atoms. The SMILES string of the molecule is CC(O)C1=Cc2ccccc2CN1. The number of aliphatic hydroxyl groups is 1. The molecule has 0 aliphatic carbocycles. The summed E-state index contributed by atoms with van der Waals surface area (Å²) in [5, 5.41) is 12.6. The van der Waals surface area contributed by atoms with Crippen LogP contribution in [0.15, 0.2) is 30.0 Å². The van der Waals surface area contributed by atoms with E-state index < -0.39 is 6.10 Å². The lowest BCUT2D eigenvalue weighted by atomic mass is 10.0. The Labute approximate surface area is 77.9 Å². The minimum atomic E-state index is -0.409. The van der Waals surface area contributed by atoms with E-state index in [1.165, 1.54) is 11.1 Å². The quantitative estimate of drug-likeness (QED) is 0.678. The molecule has 68 valence electrons. The first-order chi connectivity index (χ1) is 6.27. The molecule has 1 heterocycles. The topological polar surface area (TPSA) is 32.3 Å². The first-order valence-electron chi connectivity index (χ1n) is 4.49. The van der Waals surface area contributed by atoms with E-state index >= 15 is 0 Å². The van der Waals surface area contributed by atoms with E-state index in [0.29, 0.717) is 0 Å². The first-order valence-corrected chi connectivity index (χ1v) is 4.49. The maximum absolute atomic E-state index is 9.37. The third-order valence-electron chi connectivity index (χ3n) is 2.30. The van der Waals surface area contributed by atoms with Crippen molar-refractivity contribution in [1.82, 2.24) is 5.32 Å². The van der Waals surface area contributed by atoms with E-state index in [9.17, 15) is 5.11 Å². The number of benzene rings is 1. The average molecular weight is 175 g/mol. The van der Waals surface area contributed by atoms with Crippen molar-refractivity contribution in [3.63, 3.8) is 0 Å². The van der Waals surface area contributed by atoms with Crippen LogP contribution >= 0.6 is 0 Å². The maximum atomic E-state index is 9.37. The van der Waals surface area contributed by atoms with Crippen LogP contribution in [0.5, 0.6) is 0 Å². The highest BCUT2D eigenvalue weighted by Gasteiger charge is 2.11. The van der Waals surface area contributed by atoms with Crippen LogP contribution in [0.3, 0.4) is 0 Å². The summed E-state index contributed by atoms with van der Waals surface area (Å²) in [5.74, 6) is 0. The summed E-state index contributed by atoms with van der Waals surface area (Å²) >= 11 is 0. The normalized spacial score (nSPS) is 16.9. The number of aliphatic hydroxyl groups excluding tert-OH is 1. The average Bonchev–Trinajstić information content (AvgIpc) is 2.17. The van der Waals surface area contributed by atoms with Gasteiger partial charge in [-0.2, -0.15) is 0 Å². The second kappa shape index (κ2) is 3.23. The molecule has 1 aromatic rings. The zero-order valence-electron chi connectivity index (χ0n) is 7.62. The fourth-order valence-electron chi connectivity index (χ4n) is 1.52. The molecule has 2 rings (SSSR count). The van der Waals surface area contributed by atoms with Crippen molar-refractivity contribution in [1.29, 1.82) is 0 Å². The summed E-state index contributed by atoms with van der Waals surface area (Å²) in [6, 6.07) is 8.21. The van der Waals surface area contributed by atoms with Gasteiger partial charge in [0.05, 0.1) is 6.10 Å². The van der Waals surface area contributed by atoms with Crippen molar-refractivity contribution in [3.05, 3.63) is 41.1 Å². The molecule has 0 amide bonds. The molecular weight excluding hydrogens is 162 g/mol. The highest BCUT2D eigenvalue weighted by molar-refractivity contribution is 5.59. The Kier molecular flexibility index (Phi) is 2.07. The van der Waals surface area contributed by atoms with E-state index in [1.54, 1.807) is 6.92 Å².